The first-order chi connectivity index (χ1) is 14.1. The van der Waals surface area contributed by atoms with Crippen molar-refractivity contribution < 1.29 is 32.6 Å². The number of carboxylic acids is 1. The summed E-state index contributed by atoms with van der Waals surface area (Å²) in [5.74, 6) is -1.39. The molecule has 0 saturated carbocycles. The van der Waals surface area contributed by atoms with Crippen LogP contribution < -0.4 is 9.46 Å². The van der Waals surface area contributed by atoms with Gasteiger partial charge in [-0.2, -0.15) is 0 Å². The molecule has 0 aliphatic carbocycles. The number of benzene rings is 2. The summed E-state index contributed by atoms with van der Waals surface area (Å²) in [5.41, 5.74) is 1.97. The maximum atomic E-state index is 12.8. The van der Waals surface area contributed by atoms with E-state index in [2.05, 4.69) is 4.72 Å². The fourth-order valence-electron chi connectivity index (χ4n) is 2.68. The van der Waals surface area contributed by atoms with Crippen molar-refractivity contribution in [2.75, 3.05) is 17.9 Å². The molecule has 0 atom stereocenters. The van der Waals surface area contributed by atoms with Crippen LogP contribution in [0.4, 0.5) is 5.69 Å². The summed E-state index contributed by atoms with van der Waals surface area (Å²) in [7, 11) is -3.94. The number of nitrogens with one attached hydrogen (secondary N) is 1. The van der Waals surface area contributed by atoms with Gasteiger partial charge >= 0.3 is 11.9 Å². The maximum absolute atomic E-state index is 12.8. The van der Waals surface area contributed by atoms with E-state index in [1.54, 1.807) is 57.2 Å². The monoisotopic (exact) mass is 433 g/mol. The van der Waals surface area contributed by atoms with Crippen molar-refractivity contribution in [1.29, 1.82) is 0 Å². The highest BCUT2D eigenvalue weighted by atomic mass is 32.2. The number of sulfonamides is 1. The third kappa shape index (κ3) is 6.08. The van der Waals surface area contributed by atoms with Crippen LogP contribution in [0.3, 0.4) is 0 Å². The van der Waals surface area contributed by atoms with Gasteiger partial charge in [-0.3, -0.25) is 4.72 Å². The van der Waals surface area contributed by atoms with E-state index in [-0.39, 0.29) is 17.3 Å². The topological polar surface area (TPSA) is 119 Å². The average molecular weight is 433 g/mol. The number of esters is 1. The largest absolute Gasteiger partial charge is 0.481 e. The zero-order valence-electron chi connectivity index (χ0n) is 16.8. The normalized spacial score (nSPS) is 11.3. The van der Waals surface area contributed by atoms with Gasteiger partial charge in [-0.15, -0.1) is 0 Å². The van der Waals surface area contributed by atoms with Gasteiger partial charge in [0.15, 0.2) is 6.61 Å². The summed E-state index contributed by atoms with van der Waals surface area (Å²) in [6.07, 6.45) is 2.85. The third-order valence-electron chi connectivity index (χ3n) is 4.04. The molecule has 0 saturated heterocycles. The maximum Gasteiger partial charge on any atom is 0.341 e. The molecule has 0 heterocycles. The highest BCUT2D eigenvalue weighted by molar-refractivity contribution is 7.92. The zero-order chi connectivity index (χ0) is 22.3. The minimum Gasteiger partial charge on any atom is -0.481 e. The molecule has 2 aromatic rings. The number of ether oxygens (including phenoxy) is 2. The molecule has 0 spiro atoms. The quantitative estimate of drug-likeness (QED) is 0.460. The second kappa shape index (κ2) is 9.93. The molecular formula is C21H23NO7S. The highest BCUT2D eigenvalue weighted by Gasteiger charge is 2.21. The van der Waals surface area contributed by atoms with Gasteiger partial charge in [0.2, 0.25) is 0 Å². The zero-order valence-corrected chi connectivity index (χ0v) is 17.7. The van der Waals surface area contributed by atoms with Crippen molar-refractivity contribution in [3.8, 4) is 5.75 Å². The molecule has 0 aliphatic heterocycles. The molecule has 30 heavy (non-hydrogen) atoms. The van der Waals surface area contributed by atoms with Crippen molar-refractivity contribution in [3.05, 3.63) is 59.2 Å². The number of hydrogen-bond acceptors (Lipinski definition) is 6. The Hall–Kier alpha value is -3.33. The van der Waals surface area contributed by atoms with E-state index in [1.165, 1.54) is 12.1 Å². The summed E-state index contributed by atoms with van der Waals surface area (Å²) in [6.45, 7) is 4.69. The van der Waals surface area contributed by atoms with Crippen LogP contribution in [0.25, 0.3) is 6.08 Å². The molecule has 2 aromatic carbocycles. The van der Waals surface area contributed by atoms with E-state index >= 15 is 0 Å². The van der Waals surface area contributed by atoms with Crippen LogP contribution in [0, 0.1) is 13.8 Å². The van der Waals surface area contributed by atoms with E-state index in [0.717, 1.165) is 0 Å². The number of aliphatic carboxylic acids is 1. The molecule has 0 amide bonds. The Morgan fingerprint density at radius 1 is 1.10 bits per heavy atom. The second-order valence-corrected chi connectivity index (χ2v) is 7.98. The lowest BCUT2D eigenvalue weighted by Crippen LogP contribution is -2.16. The highest BCUT2D eigenvalue weighted by Crippen LogP contribution is 2.30. The Bertz CT molecular complexity index is 1060. The first-order valence-corrected chi connectivity index (χ1v) is 10.5. The Morgan fingerprint density at radius 2 is 1.77 bits per heavy atom. The van der Waals surface area contributed by atoms with Gasteiger partial charge in [0.05, 0.1) is 11.5 Å². The third-order valence-corrected chi connectivity index (χ3v) is 5.57. The molecule has 2 rings (SSSR count). The lowest BCUT2D eigenvalue weighted by Gasteiger charge is -2.15. The predicted molar refractivity (Wildman–Crippen MR) is 112 cm³/mol. The first kappa shape index (κ1) is 23.0. The number of carbonyl (C=O) groups excluding carboxylic acids is 1. The van der Waals surface area contributed by atoms with Gasteiger partial charge in [0, 0.05) is 17.3 Å². The summed E-state index contributed by atoms with van der Waals surface area (Å²) >= 11 is 0. The van der Waals surface area contributed by atoms with Crippen molar-refractivity contribution in [2.24, 2.45) is 0 Å². The van der Waals surface area contributed by atoms with Crippen LogP contribution in [0.15, 0.2) is 47.4 Å². The number of anilines is 1. The Labute approximate surface area is 175 Å². The molecule has 0 radical (unpaired) electrons. The number of aryl methyl sites for hydroxylation is 1. The van der Waals surface area contributed by atoms with Crippen LogP contribution in [-0.2, 0) is 24.3 Å². The van der Waals surface area contributed by atoms with Crippen molar-refractivity contribution >= 4 is 33.7 Å². The standard InChI is InChI=1S/C21H23NO7S/c1-4-28-20(25)12-8-16-6-9-17(10-7-16)22-30(26,27)18-11-5-14(2)21(15(18)3)29-13-19(23)24/h5-12,22H,4,13H2,1-3H3,(H,23,24)/b12-8+. The molecule has 0 aliphatic rings. The van der Waals surface area contributed by atoms with E-state index in [1.807, 2.05) is 0 Å². The fraction of sp³-hybridized carbons (Fsp3) is 0.238. The predicted octanol–water partition coefficient (Wildman–Crippen LogP) is 3.14. The van der Waals surface area contributed by atoms with Crippen LogP contribution in [-0.4, -0.2) is 38.7 Å². The Kier molecular flexibility index (Phi) is 7.60. The summed E-state index contributed by atoms with van der Waals surface area (Å²) in [5, 5.41) is 8.81. The van der Waals surface area contributed by atoms with Gasteiger partial charge in [0.1, 0.15) is 5.75 Å². The van der Waals surface area contributed by atoms with Gasteiger partial charge in [-0.05, 0) is 56.2 Å². The molecule has 160 valence electrons. The SMILES string of the molecule is CCOC(=O)/C=C/c1ccc(NS(=O)(=O)c2ccc(C)c(OCC(=O)O)c2C)cc1. The van der Waals surface area contributed by atoms with Gasteiger partial charge in [-0.25, -0.2) is 18.0 Å². The smallest absolute Gasteiger partial charge is 0.341 e. The summed E-state index contributed by atoms with van der Waals surface area (Å²) in [4.78, 5) is 22.1. The molecular weight excluding hydrogens is 410 g/mol. The van der Waals surface area contributed by atoms with E-state index < -0.39 is 28.6 Å². The summed E-state index contributed by atoms with van der Waals surface area (Å²) in [6, 6.07) is 9.43. The van der Waals surface area contributed by atoms with Crippen molar-refractivity contribution in [1.82, 2.24) is 0 Å². The number of carboxylic acid groups (broad SMARTS) is 1. The molecule has 9 heteroatoms. The molecule has 8 nitrogen and oxygen atoms in total. The Morgan fingerprint density at radius 3 is 2.37 bits per heavy atom. The van der Waals surface area contributed by atoms with E-state index in [4.69, 9.17) is 14.6 Å². The second-order valence-electron chi connectivity index (χ2n) is 6.33. The van der Waals surface area contributed by atoms with Crippen LogP contribution in [0.2, 0.25) is 0 Å². The van der Waals surface area contributed by atoms with Crippen LogP contribution in [0.1, 0.15) is 23.6 Å². The van der Waals surface area contributed by atoms with Gasteiger partial charge < -0.3 is 14.6 Å². The molecule has 0 unspecified atom stereocenters. The molecule has 0 fully saturated rings. The lowest BCUT2D eigenvalue weighted by molar-refractivity contribution is -0.139. The first-order valence-electron chi connectivity index (χ1n) is 9.06. The number of rotatable bonds is 9. The van der Waals surface area contributed by atoms with E-state index in [9.17, 15) is 18.0 Å². The van der Waals surface area contributed by atoms with Crippen LogP contribution in [0.5, 0.6) is 5.75 Å². The van der Waals surface area contributed by atoms with Gasteiger partial charge in [0.25, 0.3) is 10.0 Å². The number of hydrogen-bond donors (Lipinski definition) is 2. The van der Waals surface area contributed by atoms with Crippen molar-refractivity contribution in [2.45, 2.75) is 25.7 Å². The molecule has 0 aromatic heterocycles. The average Bonchev–Trinajstić information content (AvgIpc) is 2.67. The fourth-order valence-corrected chi connectivity index (χ4v) is 3.98. The minimum atomic E-state index is -3.94. The van der Waals surface area contributed by atoms with E-state index in [0.29, 0.717) is 22.4 Å². The van der Waals surface area contributed by atoms with Gasteiger partial charge in [-0.1, -0.05) is 18.2 Å². The Balaban J connectivity index is 2.21. The summed E-state index contributed by atoms with van der Waals surface area (Å²) < 4.78 is 38.2. The van der Waals surface area contributed by atoms with Crippen molar-refractivity contribution in [3.63, 3.8) is 0 Å². The van der Waals surface area contributed by atoms with Crippen LogP contribution >= 0.6 is 0 Å². The lowest BCUT2D eigenvalue weighted by atomic mass is 10.1. The molecule has 2 N–H and O–H groups in total. The molecule has 0 bridgehead atoms. The minimum absolute atomic E-state index is 0.0141. The number of carbonyl (C=O) groups is 2.